The van der Waals surface area contributed by atoms with E-state index in [2.05, 4.69) is 10.8 Å². The molecule has 0 aliphatic carbocycles. The number of anilines is 1. The molecule has 1 N–H and O–H groups in total. The molecule has 1 aromatic rings. The van der Waals surface area contributed by atoms with E-state index in [4.69, 9.17) is 6.42 Å². The normalized spacial score (nSPS) is 20.3. The summed E-state index contributed by atoms with van der Waals surface area (Å²) in [5.74, 6) is 2.67. The number of benzene rings is 1. The molecule has 0 radical (unpaired) electrons. The van der Waals surface area contributed by atoms with Gasteiger partial charge in [0.05, 0.1) is 12.6 Å². The molecule has 0 saturated heterocycles. The van der Waals surface area contributed by atoms with Gasteiger partial charge in [0.25, 0.3) is 0 Å². The summed E-state index contributed by atoms with van der Waals surface area (Å²) in [4.78, 5) is 2.16. The van der Waals surface area contributed by atoms with Gasteiger partial charge in [0, 0.05) is 17.8 Å². The second kappa shape index (κ2) is 4.37. The van der Waals surface area contributed by atoms with E-state index in [1.54, 1.807) is 0 Å². The molecule has 1 aliphatic heterocycles. The molecule has 0 bridgehead atoms. The number of aliphatic hydroxyl groups excluding tert-OH is 1. The van der Waals surface area contributed by atoms with Crippen molar-refractivity contribution in [1.82, 2.24) is 0 Å². The van der Waals surface area contributed by atoms with E-state index in [1.807, 2.05) is 24.3 Å². The second-order valence-electron chi connectivity index (χ2n) is 3.84. The van der Waals surface area contributed by atoms with Crippen LogP contribution in [0.4, 0.5) is 5.69 Å². The maximum Gasteiger partial charge on any atom is 0.0810 e. The Morgan fingerprint density at radius 2 is 2.27 bits per heavy atom. The minimum absolute atomic E-state index is 0.344. The van der Waals surface area contributed by atoms with E-state index in [-0.39, 0.29) is 6.10 Å². The average Bonchev–Trinajstić information content (AvgIpc) is 2.41. The van der Waals surface area contributed by atoms with E-state index in [0.29, 0.717) is 6.54 Å². The van der Waals surface area contributed by atoms with Gasteiger partial charge in [-0.1, -0.05) is 24.1 Å². The summed E-state index contributed by atoms with van der Waals surface area (Å²) in [6.07, 6.45) is 6.81. The van der Waals surface area contributed by atoms with E-state index < -0.39 is 0 Å². The Morgan fingerprint density at radius 1 is 1.47 bits per heavy atom. The van der Waals surface area contributed by atoms with Gasteiger partial charge < -0.3 is 10.0 Å². The van der Waals surface area contributed by atoms with Crippen LogP contribution >= 0.6 is 0 Å². The molecule has 0 fully saturated rings. The van der Waals surface area contributed by atoms with Crippen molar-refractivity contribution in [1.29, 1.82) is 0 Å². The fraction of sp³-hybridized carbons (Fsp3) is 0.385. The summed E-state index contributed by atoms with van der Waals surface area (Å²) >= 11 is 0. The van der Waals surface area contributed by atoms with Crippen molar-refractivity contribution in [3.8, 4) is 12.3 Å². The van der Waals surface area contributed by atoms with Crippen LogP contribution in [0.25, 0.3) is 0 Å². The number of hydrogen-bond donors (Lipinski definition) is 1. The highest BCUT2D eigenvalue weighted by molar-refractivity contribution is 5.56. The highest BCUT2D eigenvalue weighted by atomic mass is 16.3. The van der Waals surface area contributed by atoms with Gasteiger partial charge >= 0.3 is 0 Å². The smallest absolute Gasteiger partial charge is 0.0810 e. The number of hydrogen-bond acceptors (Lipinski definition) is 2. The molecule has 0 saturated carbocycles. The Bertz CT molecular complexity index is 380. The van der Waals surface area contributed by atoms with Gasteiger partial charge in [-0.15, -0.1) is 6.42 Å². The SMILES string of the molecule is C#CCN1CCCC(O)c2ccccc21. The molecule has 1 unspecified atom stereocenters. The summed E-state index contributed by atoms with van der Waals surface area (Å²) in [5.41, 5.74) is 2.09. The van der Waals surface area contributed by atoms with Crippen LogP contribution in [-0.2, 0) is 0 Å². The van der Waals surface area contributed by atoms with Gasteiger partial charge in [-0.2, -0.15) is 0 Å². The summed E-state index contributed by atoms with van der Waals surface area (Å²) in [7, 11) is 0. The lowest BCUT2D eigenvalue weighted by Gasteiger charge is -2.22. The van der Waals surface area contributed by atoms with Crippen molar-refractivity contribution in [2.24, 2.45) is 0 Å². The monoisotopic (exact) mass is 201 g/mol. The molecule has 15 heavy (non-hydrogen) atoms. The maximum absolute atomic E-state index is 9.95. The van der Waals surface area contributed by atoms with E-state index in [9.17, 15) is 5.11 Å². The van der Waals surface area contributed by atoms with Gasteiger partial charge in [0.15, 0.2) is 0 Å². The largest absolute Gasteiger partial charge is 0.388 e. The molecule has 0 aromatic heterocycles. The molecule has 2 rings (SSSR count). The third-order valence-electron chi connectivity index (χ3n) is 2.82. The maximum atomic E-state index is 9.95. The molecule has 78 valence electrons. The summed E-state index contributed by atoms with van der Waals surface area (Å²) in [6, 6.07) is 7.96. The zero-order valence-electron chi connectivity index (χ0n) is 8.69. The number of rotatable bonds is 1. The zero-order valence-corrected chi connectivity index (χ0v) is 8.69. The van der Waals surface area contributed by atoms with Crippen LogP contribution in [-0.4, -0.2) is 18.2 Å². The second-order valence-corrected chi connectivity index (χ2v) is 3.84. The molecule has 0 amide bonds. The Morgan fingerprint density at radius 3 is 3.07 bits per heavy atom. The van der Waals surface area contributed by atoms with Crippen molar-refractivity contribution in [2.75, 3.05) is 18.0 Å². The fourth-order valence-corrected chi connectivity index (χ4v) is 2.08. The summed E-state index contributed by atoms with van der Waals surface area (Å²) in [5, 5.41) is 9.95. The fourth-order valence-electron chi connectivity index (χ4n) is 2.08. The average molecular weight is 201 g/mol. The summed E-state index contributed by atoms with van der Waals surface area (Å²) < 4.78 is 0. The standard InChI is InChI=1S/C13H15NO/c1-2-9-14-10-5-8-13(15)11-6-3-4-7-12(11)14/h1,3-4,6-7,13,15H,5,8-10H2. The number of aliphatic hydroxyl groups is 1. The van der Waals surface area contributed by atoms with Crippen LogP contribution in [0.15, 0.2) is 24.3 Å². The minimum Gasteiger partial charge on any atom is -0.388 e. The lowest BCUT2D eigenvalue weighted by molar-refractivity contribution is 0.168. The van der Waals surface area contributed by atoms with Gasteiger partial charge in [0.1, 0.15) is 0 Å². The van der Waals surface area contributed by atoms with Crippen LogP contribution < -0.4 is 4.90 Å². The van der Waals surface area contributed by atoms with E-state index in [0.717, 1.165) is 30.6 Å². The van der Waals surface area contributed by atoms with Crippen LogP contribution in [0.1, 0.15) is 24.5 Å². The van der Waals surface area contributed by atoms with Crippen molar-refractivity contribution in [2.45, 2.75) is 18.9 Å². The van der Waals surface area contributed by atoms with Gasteiger partial charge in [-0.05, 0) is 18.9 Å². The van der Waals surface area contributed by atoms with Crippen LogP contribution in [0.5, 0.6) is 0 Å². The van der Waals surface area contributed by atoms with E-state index >= 15 is 0 Å². The van der Waals surface area contributed by atoms with Crippen molar-refractivity contribution >= 4 is 5.69 Å². The first-order valence-corrected chi connectivity index (χ1v) is 5.28. The van der Waals surface area contributed by atoms with Crippen LogP contribution in [0.3, 0.4) is 0 Å². The third-order valence-corrected chi connectivity index (χ3v) is 2.82. The van der Waals surface area contributed by atoms with Gasteiger partial charge in [-0.3, -0.25) is 0 Å². The first-order chi connectivity index (χ1) is 7.33. The Kier molecular flexibility index (Phi) is 2.94. The predicted octanol–water partition coefficient (Wildman–Crippen LogP) is 1.95. The Hall–Kier alpha value is -1.46. The topological polar surface area (TPSA) is 23.5 Å². The Balaban J connectivity index is 2.39. The first kappa shape index (κ1) is 10.1. The molecular weight excluding hydrogens is 186 g/mol. The van der Waals surface area contributed by atoms with Gasteiger partial charge in [-0.25, -0.2) is 0 Å². The zero-order chi connectivity index (χ0) is 10.7. The van der Waals surface area contributed by atoms with E-state index in [1.165, 1.54) is 0 Å². The number of para-hydroxylation sites is 1. The van der Waals surface area contributed by atoms with Crippen molar-refractivity contribution in [3.05, 3.63) is 29.8 Å². The van der Waals surface area contributed by atoms with Crippen molar-refractivity contribution in [3.63, 3.8) is 0 Å². The third kappa shape index (κ3) is 1.98. The Labute approximate surface area is 90.5 Å². The van der Waals surface area contributed by atoms with Gasteiger partial charge in [0.2, 0.25) is 0 Å². The van der Waals surface area contributed by atoms with Crippen LogP contribution in [0, 0.1) is 12.3 Å². The molecule has 2 nitrogen and oxygen atoms in total. The predicted molar refractivity (Wildman–Crippen MR) is 61.7 cm³/mol. The van der Waals surface area contributed by atoms with Crippen LogP contribution in [0.2, 0.25) is 0 Å². The highest BCUT2D eigenvalue weighted by Crippen LogP contribution is 2.32. The molecule has 2 heteroatoms. The number of fused-ring (bicyclic) bond motifs is 1. The van der Waals surface area contributed by atoms with Crippen molar-refractivity contribution < 1.29 is 5.11 Å². The quantitative estimate of drug-likeness (QED) is 0.702. The first-order valence-electron chi connectivity index (χ1n) is 5.28. The summed E-state index contributed by atoms with van der Waals surface area (Å²) in [6.45, 7) is 1.54. The minimum atomic E-state index is -0.344. The molecule has 0 spiro atoms. The molecule has 1 atom stereocenters. The molecule has 1 aliphatic rings. The number of nitrogens with zero attached hydrogens (tertiary/aromatic N) is 1. The molecular formula is C13H15NO. The lowest BCUT2D eigenvalue weighted by atomic mass is 10.0. The lowest BCUT2D eigenvalue weighted by Crippen LogP contribution is -2.24. The highest BCUT2D eigenvalue weighted by Gasteiger charge is 2.19. The molecule has 1 heterocycles. The number of terminal acetylenes is 1. The molecule has 1 aromatic carbocycles.